The summed E-state index contributed by atoms with van der Waals surface area (Å²) in [5, 5.41) is 6.83. The lowest BCUT2D eigenvalue weighted by atomic mass is 10.1. The Hall–Kier alpha value is -2.90. The van der Waals surface area contributed by atoms with Gasteiger partial charge in [0.05, 0.1) is 18.7 Å². The third-order valence-electron chi connectivity index (χ3n) is 4.94. The number of ether oxygens (including phenoxy) is 1. The quantitative estimate of drug-likeness (QED) is 0.796. The van der Waals surface area contributed by atoms with Gasteiger partial charge in [0.15, 0.2) is 5.82 Å². The van der Waals surface area contributed by atoms with E-state index in [9.17, 15) is 9.59 Å². The minimum absolute atomic E-state index is 0.0781. The summed E-state index contributed by atoms with van der Waals surface area (Å²) in [5.74, 6) is 1.78. The molecule has 1 saturated carbocycles. The van der Waals surface area contributed by atoms with E-state index in [1.54, 1.807) is 18.1 Å². The Kier molecular flexibility index (Phi) is 4.79. The number of nitrogens with one attached hydrogen (secondary N) is 1. The summed E-state index contributed by atoms with van der Waals surface area (Å²) >= 11 is 0. The van der Waals surface area contributed by atoms with Crippen molar-refractivity contribution in [2.45, 2.75) is 31.6 Å². The molecule has 1 aliphatic carbocycles. The predicted molar refractivity (Wildman–Crippen MR) is 96.4 cm³/mol. The van der Waals surface area contributed by atoms with E-state index in [2.05, 4.69) is 15.5 Å². The number of benzene rings is 1. The Morgan fingerprint density at radius 3 is 2.96 bits per heavy atom. The monoisotopic (exact) mass is 370 g/mol. The molecule has 1 saturated heterocycles. The van der Waals surface area contributed by atoms with Crippen LogP contribution in [0, 0.1) is 5.92 Å². The van der Waals surface area contributed by atoms with E-state index in [1.807, 2.05) is 18.2 Å². The van der Waals surface area contributed by atoms with Crippen LogP contribution in [0.1, 0.15) is 36.9 Å². The zero-order valence-electron chi connectivity index (χ0n) is 15.2. The van der Waals surface area contributed by atoms with Gasteiger partial charge >= 0.3 is 0 Å². The molecule has 2 aromatic rings. The van der Waals surface area contributed by atoms with Crippen molar-refractivity contribution in [1.29, 1.82) is 0 Å². The first-order valence-electron chi connectivity index (χ1n) is 9.19. The third-order valence-corrected chi connectivity index (χ3v) is 4.94. The summed E-state index contributed by atoms with van der Waals surface area (Å²) in [4.78, 5) is 30.8. The number of carbonyl (C=O) groups excluding carboxylic acids is 2. The molecule has 0 unspecified atom stereocenters. The second kappa shape index (κ2) is 7.38. The van der Waals surface area contributed by atoms with Crippen molar-refractivity contribution in [3.63, 3.8) is 0 Å². The van der Waals surface area contributed by atoms with E-state index < -0.39 is 0 Å². The van der Waals surface area contributed by atoms with Crippen LogP contribution in [0.5, 0.6) is 5.75 Å². The van der Waals surface area contributed by atoms with Crippen LogP contribution >= 0.6 is 0 Å². The number of rotatable bonds is 7. The number of amides is 2. The molecule has 0 bridgehead atoms. The fourth-order valence-electron chi connectivity index (χ4n) is 3.28. The fourth-order valence-corrected chi connectivity index (χ4v) is 3.28. The van der Waals surface area contributed by atoms with Gasteiger partial charge in [-0.15, -0.1) is 0 Å². The van der Waals surface area contributed by atoms with E-state index in [1.165, 1.54) is 0 Å². The van der Waals surface area contributed by atoms with Gasteiger partial charge in [-0.2, -0.15) is 4.98 Å². The highest BCUT2D eigenvalue weighted by molar-refractivity contribution is 6.01. The van der Waals surface area contributed by atoms with Crippen LogP contribution in [0.2, 0.25) is 0 Å². The topological polar surface area (TPSA) is 97.6 Å². The van der Waals surface area contributed by atoms with Crippen LogP contribution in [-0.2, 0) is 16.0 Å². The third kappa shape index (κ3) is 3.79. The molecule has 1 aliphatic heterocycles. The van der Waals surface area contributed by atoms with E-state index >= 15 is 0 Å². The summed E-state index contributed by atoms with van der Waals surface area (Å²) in [6.07, 6.45) is 2.92. The lowest BCUT2D eigenvalue weighted by Gasteiger charge is -2.19. The number of methoxy groups -OCH3 is 1. The Balaban J connectivity index is 1.30. The number of para-hydroxylation sites is 2. The largest absolute Gasteiger partial charge is 0.495 e. The van der Waals surface area contributed by atoms with Crippen molar-refractivity contribution in [1.82, 2.24) is 15.5 Å². The van der Waals surface area contributed by atoms with Crippen molar-refractivity contribution in [3.05, 3.63) is 36.0 Å². The number of hydrogen-bond donors (Lipinski definition) is 1. The number of nitrogens with zero attached hydrogens (tertiary/aromatic N) is 3. The van der Waals surface area contributed by atoms with Crippen molar-refractivity contribution >= 4 is 17.5 Å². The van der Waals surface area contributed by atoms with Gasteiger partial charge in [0.25, 0.3) is 0 Å². The highest BCUT2D eigenvalue weighted by Gasteiger charge is 2.36. The molecule has 0 radical (unpaired) electrons. The van der Waals surface area contributed by atoms with Gasteiger partial charge in [0.1, 0.15) is 5.75 Å². The Labute approximate surface area is 156 Å². The molecule has 27 heavy (non-hydrogen) atoms. The Morgan fingerprint density at radius 2 is 2.19 bits per heavy atom. The van der Waals surface area contributed by atoms with Gasteiger partial charge < -0.3 is 19.5 Å². The van der Waals surface area contributed by atoms with Gasteiger partial charge in [0, 0.05) is 31.8 Å². The SMILES string of the molecule is COc1ccccc1N1C[C@@H](C(=O)NCCc2nc(C3CC3)no2)CC1=O. The van der Waals surface area contributed by atoms with Gasteiger partial charge in [-0.3, -0.25) is 9.59 Å². The fraction of sp³-hybridized carbons (Fsp3) is 0.474. The highest BCUT2D eigenvalue weighted by atomic mass is 16.5. The van der Waals surface area contributed by atoms with Crippen molar-refractivity contribution < 1.29 is 18.8 Å². The molecule has 142 valence electrons. The zero-order valence-corrected chi connectivity index (χ0v) is 15.2. The molecule has 2 heterocycles. The van der Waals surface area contributed by atoms with Gasteiger partial charge in [-0.25, -0.2) is 0 Å². The second-order valence-electron chi connectivity index (χ2n) is 6.94. The van der Waals surface area contributed by atoms with E-state index in [-0.39, 0.29) is 24.2 Å². The minimum atomic E-state index is -0.382. The summed E-state index contributed by atoms with van der Waals surface area (Å²) in [5.41, 5.74) is 0.693. The number of hydrogen-bond acceptors (Lipinski definition) is 6. The molecule has 1 aromatic heterocycles. The van der Waals surface area contributed by atoms with E-state index in [0.29, 0.717) is 42.8 Å². The smallest absolute Gasteiger partial charge is 0.228 e. The highest BCUT2D eigenvalue weighted by Crippen LogP contribution is 2.38. The Morgan fingerprint density at radius 1 is 1.37 bits per heavy atom. The summed E-state index contributed by atoms with van der Waals surface area (Å²) in [6.45, 7) is 0.752. The molecule has 1 N–H and O–H groups in total. The first kappa shape index (κ1) is 17.5. The van der Waals surface area contributed by atoms with Gasteiger partial charge in [-0.1, -0.05) is 17.3 Å². The second-order valence-corrected chi connectivity index (χ2v) is 6.94. The minimum Gasteiger partial charge on any atom is -0.495 e. The average Bonchev–Trinajstić information content (AvgIpc) is 3.30. The summed E-state index contributed by atoms with van der Waals surface area (Å²) in [6, 6.07) is 7.32. The standard InChI is InChI=1S/C19H22N4O4/c1-26-15-5-3-2-4-14(15)23-11-13(10-17(23)24)19(25)20-9-8-16-21-18(22-27-16)12-6-7-12/h2-5,12-13H,6-11H2,1H3,(H,20,25)/t13-/m0/s1. The lowest BCUT2D eigenvalue weighted by molar-refractivity contribution is -0.126. The Bertz CT molecular complexity index is 846. The predicted octanol–water partition coefficient (Wildman–Crippen LogP) is 1.67. The van der Waals surface area contributed by atoms with Gasteiger partial charge in [-0.05, 0) is 25.0 Å². The van der Waals surface area contributed by atoms with E-state index in [0.717, 1.165) is 18.7 Å². The molecule has 1 atom stereocenters. The molecule has 8 nitrogen and oxygen atoms in total. The number of aromatic nitrogens is 2. The molecular formula is C19H22N4O4. The molecule has 2 amide bonds. The maximum absolute atomic E-state index is 12.4. The molecule has 4 rings (SSSR count). The number of anilines is 1. The lowest BCUT2D eigenvalue weighted by Crippen LogP contribution is -2.34. The zero-order chi connectivity index (χ0) is 18.8. The van der Waals surface area contributed by atoms with Crippen LogP contribution < -0.4 is 15.0 Å². The average molecular weight is 370 g/mol. The van der Waals surface area contributed by atoms with Crippen molar-refractivity contribution in [2.24, 2.45) is 5.92 Å². The van der Waals surface area contributed by atoms with E-state index in [4.69, 9.17) is 9.26 Å². The van der Waals surface area contributed by atoms with Crippen molar-refractivity contribution in [2.75, 3.05) is 25.1 Å². The summed E-state index contributed by atoms with van der Waals surface area (Å²) < 4.78 is 10.5. The maximum Gasteiger partial charge on any atom is 0.228 e. The molecule has 2 fully saturated rings. The first-order valence-corrected chi connectivity index (χ1v) is 9.19. The normalized spacial score (nSPS) is 19.4. The molecule has 0 spiro atoms. The van der Waals surface area contributed by atoms with Crippen LogP contribution in [0.15, 0.2) is 28.8 Å². The molecular weight excluding hydrogens is 348 g/mol. The summed E-state index contributed by atoms with van der Waals surface area (Å²) in [7, 11) is 1.57. The molecule has 1 aromatic carbocycles. The maximum atomic E-state index is 12.4. The molecule has 8 heteroatoms. The van der Waals surface area contributed by atoms with Gasteiger partial charge in [0.2, 0.25) is 17.7 Å². The van der Waals surface area contributed by atoms with Crippen LogP contribution in [0.4, 0.5) is 5.69 Å². The number of carbonyl (C=O) groups is 2. The van der Waals surface area contributed by atoms with Crippen LogP contribution in [-0.4, -0.2) is 42.2 Å². The van der Waals surface area contributed by atoms with Crippen LogP contribution in [0.3, 0.4) is 0 Å². The first-order chi connectivity index (χ1) is 13.2. The molecule has 2 aliphatic rings. The van der Waals surface area contributed by atoms with Crippen LogP contribution in [0.25, 0.3) is 0 Å². The van der Waals surface area contributed by atoms with Crippen molar-refractivity contribution in [3.8, 4) is 5.75 Å².